The zero-order valence-electron chi connectivity index (χ0n) is 18.3. The van der Waals surface area contributed by atoms with Crippen molar-refractivity contribution in [3.8, 4) is 11.5 Å². The molecule has 0 amide bonds. The Balaban J connectivity index is 1.72. The predicted octanol–water partition coefficient (Wildman–Crippen LogP) is 7.52. The Labute approximate surface area is 212 Å². The lowest BCUT2D eigenvalue weighted by atomic mass is 10.1. The number of carbonyl (C=O) groups is 1. The second-order valence-electron chi connectivity index (χ2n) is 6.98. The van der Waals surface area contributed by atoms with Crippen LogP contribution in [0.5, 0.6) is 11.5 Å². The standard InChI is InChI=1S/C25H24BrCl2NO4/c1-3-31-23-13-16(14-29-18-10-8-17(9-11-18)25(30)32-4-2)12-20(26)24(23)33-15-19-21(27)6-5-7-22(19)28/h5-13,29H,3-4,14-15H2,1-2H3. The fourth-order valence-electron chi connectivity index (χ4n) is 3.08. The topological polar surface area (TPSA) is 56.8 Å². The molecule has 0 saturated carbocycles. The fraction of sp³-hybridized carbons (Fsp3) is 0.240. The van der Waals surface area contributed by atoms with E-state index in [9.17, 15) is 4.79 Å². The maximum Gasteiger partial charge on any atom is 0.338 e. The van der Waals surface area contributed by atoms with Crippen molar-refractivity contribution in [2.45, 2.75) is 27.0 Å². The molecule has 0 fully saturated rings. The summed E-state index contributed by atoms with van der Waals surface area (Å²) in [6.07, 6.45) is 0. The van der Waals surface area contributed by atoms with Crippen LogP contribution in [0, 0.1) is 0 Å². The molecule has 3 aromatic rings. The quantitative estimate of drug-likeness (QED) is 0.263. The normalized spacial score (nSPS) is 10.6. The number of hydrogen-bond acceptors (Lipinski definition) is 5. The first-order valence-corrected chi connectivity index (χ1v) is 12.0. The van der Waals surface area contributed by atoms with Gasteiger partial charge >= 0.3 is 5.97 Å². The van der Waals surface area contributed by atoms with Crippen LogP contribution in [-0.4, -0.2) is 19.2 Å². The smallest absolute Gasteiger partial charge is 0.338 e. The zero-order chi connectivity index (χ0) is 23.8. The summed E-state index contributed by atoms with van der Waals surface area (Å²) in [6.45, 7) is 5.29. The number of ether oxygens (including phenoxy) is 3. The Morgan fingerprint density at radius 2 is 1.67 bits per heavy atom. The van der Waals surface area contributed by atoms with Crippen LogP contribution < -0.4 is 14.8 Å². The van der Waals surface area contributed by atoms with E-state index in [4.69, 9.17) is 37.4 Å². The number of hydrogen-bond donors (Lipinski definition) is 1. The van der Waals surface area contributed by atoms with Crippen LogP contribution in [0.15, 0.2) is 59.1 Å². The Bertz CT molecular complexity index is 1090. The van der Waals surface area contributed by atoms with E-state index in [-0.39, 0.29) is 12.6 Å². The van der Waals surface area contributed by atoms with Gasteiger partial charge in [-0.05, 0) is 83.9 Å². The number of rotatable bonds is 10. The molecule has 0 aliphatic carbocycles. The summed E-state index contributed by atoms with van der Waals surface area (Å²) < 4.78 is 17.6. The number of anilines is 1. The monoisotopic (exact) mass is 551 g/mol. The summed E-state index contributed by atoms with van der Waals surface area (Å²) in [5.74, 6) is 0.864. The van der Waals surface area contributed by atoms with Gasteiger partial charge in [-0.15, -0.1) is 0 Å². The highest BCUT2D eigenvalue weighted by molar-refractivity contribution is 9.10. The Morgan fingerprint density at radius 1 is 0.970 bits per heavy atom. The summed E-state index contributed by atoms with van der Waals surface area (Å²) in [5.41, 5.74) is 3.10. The number of benzene rings is 3. The van der Waals surface area contributed by atoms with Gasteiger partial charge < -0.3 is 19.5 Å². The van der Waals surface area contributed by atoms with Gasteiger partial charge in [-0.25, -0.2) is 4.79 Å². The van der Waals surface area contributed by atoms with E-state index in [1.807, 2.05) is 31.2 Å². The molecule has 0 bridgehead atoms. The summed E-state index contributed by atoms with van der Waals surface area (Å²) in [4.78, 5) is 11.8. The third-order valence-corrected chi connectivity index (χ3v) is 5.98. The lowest BCUT2D eigenvalue weighted by molar-refractivity contribution is 0.0526. The van der Waals surface area contributed by atoms with Crippen LogP contribution in [0.25, 0.3) is 0 Å². The molecule has 0 saturated heterocycles. The average Bonchev–Trinajstić information content (AvgIpc) is 2.79. The lowest BCUT2D eigenvalue weighted by Gasteiger charge is -2.17. The van der Waals surface area contributed by atoms with Crippen LogP contribution in [0.2, 0.25) is 10.0 Å². The highest BCUT2D eigenvalue weighted by atomic mass is 79.9. The minimum Gasteiger partial charge on any atom is -0.490 e. The van der Waals surface area contributed by atoms with Gasteiger partial charge in [0.2, 0.25) is 0 Å². The van der Waals surface area contributed by atoms with E-state index in [1.165, 1.54) is 0 Å². The van der Waals surface area contributed by atoms with Crippen LogP contribution in [-0.2, 0) is 17.9 Å². The average molecular weight is 553 g/mol. The summed E-state index contributed by atoms with van der Waals surface area (Å²) in [6, 6.07) is 16.4. The van der Waals surface area contributed by atoms with Crippen molar-refractivity contribution in [1.29, 1.82) is 0 Å². The van der Waals surface area contributed by atoms with Gasteiger partial charge in [0.15, 0.2) is 11.5 Å². The minimum atomic E-state index is -0.331. The van der Waals surface area contributed by atoms with Crippen LogP contribution in [0.3, 0.4) is 0 Å². The predicted molar refractivity (Wildman–Crippen MR) is 136 cm³/mol. The van der Waals surface area contributed by atoms with Crippen LogP contribution >= 0.6 is 39.1 Å². The highest BCUT2D eigenvalue weighted by Gasteiger charge is 2.15. The molecule has 0 atom stereocenters. The van der Waals surface area contributed by atoms with Crippen molar-refractivity contribution in [1.82, 2.24) is 0 Å². The molecule has 1 N–H and O–H groups in total. The third-order valence-electron chi connectivity index (χ3n) is 4.68. The first kappa shape index (κ1) is 25.2. The largest absolute Gasteiger partial charge is 0.490 e. The number of esters is 1. The van der Waals surface area contributed by atoms with Crippen molar-refractivity contribution in [3.63, 3.8) is 0 Å². The van der Waals surface area contributed by atoms with E-state index >= 15 is 0 Å². The molecule has 3 rings (SSSR count). The van der Waals surface area contributed by atoms with Crippen LogP contribution in [0.1, 0.15) is 35.3 Å². The molecule has 174 valence electrons. The molecule has 33 heavy (non-hydrogen) atoms. The van der Waals surface area contributed by atoms with Crippen LogP contribution in [0.4, 0.5) is 5.69 Å². The van der Waals surface area contributed by atoms with Gasteiger partial charge in [0, 0.05) is 27.8 Å². The fourth-order valence-corrected chi connectivity index (χ4v) is 4.19. The van der Waals surface area contributed by atoms with Crippen molar-refractivity contribution in [3.05, 3.63) is 85.8 Å². The van der Waals surface area contributed by atoms with Gasteiger partial charge in [0.25, 0.3) is 0 Å². The number of carbonyl (C=O) groups excluding carboxylic acids is 1. The van der Waals surface area contributed by atoms with Crippen molar-refractivity contribution < 1.29 is 19.0 Å². The summed E-state index contributed by atoms with van der Waals surface area (Å²) in [7, 11) is 0. The third kappa shape index (κ3) is 6.79. The number of nitrogens with one attached hydrogen (secondary N) is 1. The van der Waals surface area contributed by atoms with Crippen molar-refractivity contribution in [2.75, 3.05) is 18.5 Å². The second kappa shape index (κ2) is 12.2. The first-order chi connectivity index (χ1) is 15.9. The molecule has 3 aromatic carbocycles. The SMILES string of the molecule is CCOC(=O)c1ccc(NCc2cc(Br)c(OCc3c(Cl)cccc3Cl)c(OCC)c2)cc1. The minimum absolute atomic E-state index is 0.210. The van der Waals surface area contributed by atoms with Gasteiger partial charge in [-0.3, -0.25) is 0 Å². The number of halogens is 3. The van der Waals surface area contributed by atoms with Gasteiger partial charge in [-0.1, -0.05) is 29.3 Å². The molecule has 0 spiro atoms. The summed E-state index contributed by atoms with van der Waals surface area (Å²) >= 11 is 16.1. The van der Waals surface area contributed by atoms with E-state index in [2.05, 4.69) is 21.2 Å². The van der Waals surface area contributed by atoms with Gasteiger partial charge in [-0.2, -0.15) is 0 Å². The first-order valence-electron chi connectivity index (χ1n) is 10.4. The maximum absolute atomic E-state index is 11.8. The maximum atomic E-state index is 11.8. The molecule has 0 radical (unpaired) electrons. The van der Waals surface area contributed by atoms with E-state index < -0.39 is 0 Å². The molecule has 0 aliphatic rings. The van der Waals surface area contributed by atoms with Gasteiger partial charge in [0.05, 0.1) is 23.2 Å². The van der Waals surface area contributed by atoms with Crippen molar-refractivity contribution in [2.24, 2.45) is 0 Å². The molecule has 8 heteroatoms. The lowest BCUT2D eigenvalue weighted by Crippen LogP contribution is -2.06. The summed E-state index contributed by atoms with van der Waals surface area (Å²) in [5, 5.41) is 4.44. The molecule has 5 nitrogen and oxygen atoms in total. The zero-order valence-corrected chi connectivity index (χ0v) is 21.4. The molecule has 0 unspecified atom stereocenters. The van der Waals surface area contributed by atoms with E-state index in [1.54, 1.807) is 37.3 Å². The van der Waals surface area contributed by atoms with Gasteiger partial charge in [0.1, 0.15) is 6.61 Å². The molecular weight excluding hydrogens is 529 g/mol. The van der Waals surface area contributed by atoms with E-state index in [0.717, 1.165) is 15.7 Å². The van der Waals surface area contributed by atoms with E-state index in [0.29, 0.717) is 52.4 Å². The Hall–Kier alpha value is -2.41. The molecular formula is C25H24BrCl2NO4. The Morgan fingerprint density at radius 3 is 2.30 bits per heavy atom. The molecule has 0 aromatic heterocycles. The Kier molecular flexibility index (Phi) is 9.30. The highest BCUT2D eigenvalue weighted by Crippen LogP contribution is 2.38. The molecule has 0 aliphatic heterocycles. The second-order valence-corrected chi connectivity index (χ2v) is 8.65. The molecule has 0 heterocycles. The van der Waals surface area contributed by atoms with Crippen molar-refractivity contribution >= 4 is 50.8 Å².